The molecule has 1 atom stereocenters. The fourth-order valence-electron chi connectivity index (χ4n) is 1.89. The van der Waals surface area contributed by atoms with Crippen LogP contribution in [-0.2, 0) is 16.8 Å². The Morgan fingerprint density at radius 2 is 1.95 bits per heavy atom. The van der Waals surface area contributed by atoms with Gasteiger partial charge in [0, 0.05) is 26.7 Å². The molecule has 0 radical (unpaired) electrons. The lowest BCUT2D eigenvalue weighted by atomic mass is 10.0. The largest absolute Gasteiger partial charge is 0.396 e. The van der Waals surface area contributed by atoms with Crippen LogP contribution in [0.2, 0.25) is 0 Å². The molecule has 114 valence electrons. The van der Waals surface area contributed by atoms with Crippen LogP contribution in [0, 0.1) is 5.92 Å². The van der Waals surface area contributed by atoms with Gasteiger partial charge in [-0.25, -0.2) is 4.72 Å². The zero-order valence-corrected chi connectivity index (χ0v) is 12.9. The lowest BCUT2D eigenvalue weighted by Crippen LogP contribution is -2.40. The predicted octanol–water partition coefficient (Wildman–Crippen LogP) is 1.36. The zero-order valence-electron chi connectivity index (χ0n) is 12.1. The molecule has 0 aliphatic rings. The third kappa shape index (κ3) is 5.58. The van der Waals surface area contributed by atoms with Crippen molar-refractivity contribution in [2.45, 2.75) is 26.3 Å². The molecule has 0 aromatic heterocycles. The molecule has 5 nitrogen and oxygen atoms in total. The van der Waals surface area contributed by atoms with Gasteiger partial charge in [0.05, 0.1) is 0 Å². The molecule has 0 amide bonds. The molecule has 0 saturated carbocycles. The summed E-state index contributed by atoms with van der Waals surface area (Å²) in [6.07, 6.45) is 1.45. The fourth-order valence-corrected chi connectivity index (χ4v) is 2.88. The molecule has 20 heavy (non-hydrogen) atoms. The Hall–Kier alpha value is -0.950. The van der Waals surface area contributed by atoms with E-state index in [1.54, 1.807) is 7.05 Å². The number of nitrogens with zero attached hydrogens (tertiary/aromatic N) is 1. The Morgan fingerprint density at radius 1 is 1.30 bits per heavy atom. The van der Waals surface area contributed by atoms with Crippen molar-refractivity contribution in [3.05, 3.63) is 35.9 Å². The normalized spacial score (nSPS) is 13.6. The first kappa shape index (κ1) is 17.1. The second-order valence-electron chi connectivity index (χ2n) is 4.88. The summed E-state index contributed by atoms with van der Waals surface area (Å²) in [4.78, 5) is 0. The molecule has 0 aliphatic heterocycles. The first-order chi connectivity index (χ1) is 9.49. The SMILES string of the molecule is CCC(CCO)CNS(=O)(=O)N(C)Cc1ccccc1. The molecule has 0 saturated heterocycles. The second kappa shape index (κ2) is 8.36. The van der Waals surface area contributed by atoms with Crippen LogP contribution >= 0.6 is 0 Å². The highest BCUT2D eigenvalue weighted by Crippen LogP contribution is 2.09. The van der Waals surface area contributed by atoms with E-state index in [0.717, 1.165) is 12.0 Å². The van der Waals surface area contributed by atoms with Crippen molar-refractivity contribution < 1.29 is 13.5 Å². The third-order valence-electron chi connectivity index (χ3n) is 3.33. The molecule has 0 spiro atoms. The van der Waals surface area contributed by atoms with Crippen molar-refractivity contribution in [1.82, 2.24) is 9.03 Å². The van der Waals surface area contributed by atoms with Crippen molar-refractivity contribution in [3.8, 4) is 0 Å². The first-order valence-electron chi connectivity index (χ1n) is 6.85. The second-order valence-corrected chi connectivity index (χ2v) is 6.74. The maximum absolute atomic E-state index is 12.1. The number of hydrogen-bond acceptors (Lipinski definition) is 3. The highest BCUT2D eigenvalue weighted by Gasteiger charge is 2.19. The van der Waals surface area contributed by atoms with Gasteiger partial charge in [0.2, 0.25) is 0 Å². The monoisotopic (exact) mass is 300 g/mol. The fraction of sp³-hybridized carbons (Fsp3) is 0.571. The summed E-state index contributed by atoms with van der Waals surface area (Å²) in [7, 11) is -1.92. The van der Waals surface area contributed by atoms with Crippen LogP contribution in [0.25, 0.3) is 0 Å². The molecular weight excluding hydrogens is 276 g/mol. The molecule has 1 aromatic rings. The highest BCUT2D eigenvalue weighted by molar-refractivity contribution is 7.87. The van der Waals surface area contributed by atoms with Gasteiger partial charge in [-0.15, -0.1) is 0 Å². The van der Waals surface area contributed by atoms with Crippen LogP contribution in [0.1, 0.15) is 25.3 Å². The Balaban J connectivity index is 2.55. The molecule has 1 unspecified atom stereocenters. The number of hydrogen-bond donors (Lipinski definition) is 2. The maximum Gasteiger partial charge on any atom is 0.279 e. The summed E-state index contributed by atoms with van der Waals surface area (Å²) in [5.41, 5.74) is 0.947. The van der Waals surface area contributed by atoms with Crippen molar-refractivity contribution in [2.24, 2.45) is 5.92 Å². The summed E-state index contributed by atoms with van der Waals surface area (Å²) >= 11 is 0. The van der Waals surface area contributed by atoms with E-state index in [2.05, 4.69) is 4.72 Å². The molecule has 0 bridgehead atoms. The first-order valence-corrected chi connectivity index (χ1v) is 8.29. The van der Waals surface area contributed by atoms with Gasteiger partial charge >= 0.3 is 0 Å². The van der Waals surface area contributed by atoms with Crippen LogP contribution in [0.4, 0.5) is 0 Å². The summed E-state index contributed by atoms with van der Waals surface area (Å²) in [5.74, 6) is 0.167. The number of rotatable bonds is 9. The Morgan fingerprint density at radius 3 is 2.50 bits per heavy atom. The van der Waals surface area contributed by atoms with Crippen molar-refractivity contribution >= 4 is 10.2 Å². The number of aliphatic hydroxyl groups is 1. The van der Waals surface area contributed by atoms with E-state index in [9.17, 15) is 8.42 Å². The van der Waals surface area contributed by atoms with Gasteiger partial charge in [-0.05, 0) is 17.9 Å². The van der Waals surface area contributed by atoms with Gasteiger partial charge in [0.1, 0.15) is 0 Å². The lowest BCUT2D eigenvalue weighted by Gasteiger charge is -2.20. The van der Waals surface area contributed by atoms with E-state index in [4.69, 9.17) is 5.11 Å². The minimum atomic E-state index is -3.48. The summed E-state index contributed by atoms with van der Waals surface area (Å²) in [6.45, 7) is 2.77. The highest BCUT2D eigenvalue weighted by atomic mass is 32.2. The van der Waals surface area contributed by atoms with E-state index in [0.29, 0.717) is 19.5 Å². The van der Waals surface area contributed by atoms with Crippen molar-refractivity contribution in [1.29, 1.82) is 0 Å². The van der Waals surface area contributed by atoms with Gasteiger partial charge in [0.25, 0.3) is 10.2 Å². The van der Waals surface area contributed by atoms with Crippen molar-refractivity contribution in [3.63, 3.8) is 0 Å². The van der Waals surface area contributed by atoms with Gasteiger partial charge in [-0.1, -0.05) is 43.7 Å². The van der Waals surface area contributed by atoms with Crippen molar-refractivity contribution in [2.75, 3.05) is 20.2 Å². The van der Waals surface area contributed by atoms with Gasteiger partial charge in [0.15, 0.2) is 0 Å². The Bertz CT molecular complexity index is 476. The molecule has 0 fully saturated rings. The maximum atomic E-state index is 12.1. The van der Waals surface area contributed by atoms with Crippen LogP contribution < -0.4 is 4.72 Å². The van der Waals surface area contributed by atoms with Crippen LogP contribution in [0.5, 0.6) is 0 Å². The smallest absolute Gasteiger partial charge is 0.279 e. The topological polar surface area (TPSA) is 69.6 Å². The molecule has 1 rings (SSSR count). The molecule has 2 N–H and O–H groups in total. The van der Waals surface area contributed by atoms with Crippen LogP contribution in [0.15, 0.2) is 30.3 Å². The van der Waals surface area contributed by atoms with Gasteiger partial charge < -0.3 is 5.11 Å². The number of nitrogens with one attached hydrogen (secondary N) is 1. The predicted molar refractivity (Wildman–Crippen MR) is 80.3 cm³/mol. The number of aliphatic hydroxyl groups excluding tert-OH is 1. The van der Waals surface area contributed by atoms with Crippen LogP contribution in [-0.4, -0.2) is 38.0 Å². The summed E-state index contributed by atoms with van der Waals surface area (Å²) in [6, 6.07) is 9.46. The van der Waals surface area contributed by atoms with E-state index in [-0.39, 0.29) is 12.5 Å². The van der Waals surface area contributed by atoms with Crippen LogP contribution in [0.3, 0.4) is 0 Å². The third-order valence-corrected chi connectivity index (χ3v) is 4.81. The average molecular weight is 300 g/mol. The number of benzene rings is 1. The molecule has 0 aliphatic carbocycles. The Kier molecular flexibility index (Phi) is 7.15. The summed E-state index contributed by atoms with van der Waals surface area (Å²) < 4.78 is 28.1. The average Bonchev–Trinajstić information content (AvgIpc) is 2.44. The quantitative estimate of drug-likeness (QED) is 0.723. The van der Waals surface area contributed by atoms with E-state index in [1.165, 1.54) is 4.31 Å². The molecule has 0 heterocycles. The molecule has 6 heteroatoms. The summed E-state index contributed by atoms with van der Waals surface area (Å²) in [5, 5.41) is 8.91. The minimum absolute atomic E-state index is 0.0834. The van der Waals surface area contributed by atoms with E-state index in [1.807, 2.05) is 37.3 Å². The van der Waals surface area contributed by atoms with E-state index >= 15 is 0 Å². The Labute approximate surface area is 121 Å². The standard InChI is InChI=1S/C14H24N2O3S/c1-3-13(9-10-17)11-15-20(18,19)16(2)12-14-7-5-4-6-8-14/h4-8,13,15,17H,3,9-12H2,1-2H3. The minimum Gasteiger partial charge on any atom is -0.396 e. The molecule has 1 aromatic carbocycles. The molecular formula is C14H24N2O3S. The zero-order chi connectivity index (χ0) is 15.0. The van der Waals surface area contributed by atoms with Gasteiger partial charge in [-0.3, -0.25) is 0 Å². The van der Waals surface area contributed by atoms with Gasteiger partial charge in [-0.2, -0.15) is 12.7 Å². The van der Waals surface area contributed by atoms with E-state index < -0.39 is 10.2 Å². The lowest BCUT2D eigenvalue weighted by molar-refractivity contribution is 0.254.